The lowest BCUT2D eigenvalue weighted by Crippen LogP contribution is -2.42. The molecule has 0 fully saturated rings. The topological polar surface area (TPSA) is 98.5 Å². The van der Waals surface area contributed by atoms with Gasteiger partial charge in [0, 0.05) is 0 Å². The molecule has 0 saturated heterocycles. The van der Waals surface area contributed by atoms with Gasteiger partial charge in [-0.25, -0.2) is 8.42 Å². The maximum absolute atomic E-state index is 12.2. The monoisotopic (exact) mass is 286 g/mol. The molecule has 106 valence electrons. The van der Waals surface area contributed by atoms with Gasteiger partial charge in [-0.3, -0.25) is 4.79 Å². The number of rotatable bonds is 5. The normalized spacial score (nSPS) is 13.1. The van der Waals surface area contributed by atoms with E-state index in [9.17, 15) is 13.2 Å². The maximum Gasteiger partial charge on any atom is 0.241 e. The van der Waals surface area contributed by atoms with E-state index in [0.717, 1.165) is 0 Å². The van der Waals surface area contributed by atoms with Crippen LogP contribution in [0.15, 0.2) is 17.0 Å². The standard InChI is InChI=1S/C12H18N2O4S/c1-7-6-11(8(2)5-10(7)18-4)19(16,17)14-9(3)12(13)15/h5-6,9,14H,1-4H3,(H2,13,15). The largest absolute Gasteiger partial charge is 0.496 e. The van der Waals surface area contributed by atoms with Gasteiger partial charge in [0.15, 0.2) is 0 Å². The van der Waals surface area contributed by atoms with Gasteiger partial charge in [-0.1, -0.05) is 0 Å². The molecule has 1 aromatic rings. The summed E-state index contributed by atoms with van der Waals surface area (Å²) in [7, 11) is -2.27. The number of aryl methyl sites for hydroxylation is 2. The van der Waals surface area contributed by atoms with Gasteiger partial charge in [0.05, 0.1) is 18.0 Å². The minimum Gasteiger partial charge on any atom is -0.496 e. The van der Waals surface area contributed by atoms with Gasteiger partial charge in [0.2, 0.25) is 15.9 Å². The highest BCUT2D eigenvalue weighted by molar-refractivity contribution is 7.89. The third-order valence-corrected chi connectivity index (χ3v) is 4.42. The van der Waals surface area contributed by atoms with Crippen molar-refractivity contribution in [3.05, 3.63) is 23.3 Å². The van der Waals surface area contributed by atoms with Crippen LogP contribution in [0.25, 0.3) is 0 Å². The third kappa shape index (κ3) is 3.45. The lowest BCUT2D eigenvalue weighted by atomic mass is 10.1. The van der Waals surface area contributed by atoms with Crippen molar-refractivity contribution in [3.63, 3.8) is 0 Å². The molecular formula is C12H18N2O4S. The number of nitrogens with two attached hydrogens (primary N) is 1. The Kier molecular flexibility index (Phi) is 4.54. The molecule has 1 amide bonds. The van der Waals surface area contributed by atoms with Gasteiger partial charge in [0.25, 0.3) is 0 Å². The zero-order chi connectivity index (χ0) is 14.8. The van der Waals surface area contributed by atoms with Crippen molar-refractivity contribution in [2.24, 2.45) is 5.73 Å². The van der Waals surface area contributed by atoms with Gasteiger partial charge in [0.1, 0.15) is 5.75 Å². The highest BCUT2D eigenvalue weighted by Gasteiger charge is 2.23. The molecule has 1 atom stereocenters. The summed E-state index contributed by atoms with van der Waals surface area (Å²) in [6, 6.07) is 2.18. The number of hydrogen-bond acceptors (Lipinski definition) is 4. The van der Waals surface area contributed by atoms with Gasteiger partial charge >= 0.3 is 0 Å². The van der Waals surface area contributed by atoms with Crippen LogP contribution in [0.1, 0.15) is 18.1 Å². The molecule has 0 spiro atoms. The molecule has 0 radical (unpaired) electrons. The fraction of sp³-hybridized carbons (Fsp3) is 0.417. The smallest absolute Gasteiger partial charge is 0.241 e. The number of amides is 1. The van der Waals surface area contributed by atoms with Crippen molar-refractivity contribution in [1.82, 2.24) is 4.72 Å². The zero-order valence-electron chi connectivity index (χ0n) is 11.4. The quantitative estimate of drug-likeness (QED) is 0.821. The van der Waals surface area contributed by atoms with Crippen molar-refractivity contribution >= 4 is 15.9 Å². The number of carbonyl (C=O) groups excluding carboxylic acids is 1. The minimum absolute atomic E-state index is 0.110. The number of benzene rings is 1. The number of ether oxygens (including phenoxy) is 1. The lowest BCUT2D eigenvalue weighted by Gasteiger charge is -2.15. The number of sulfonamides is 1. The highest BCUT2D eigenvalue weighted by Crippen LogP contribution is 2.25. The molecule has 0 aliphatic rings. The Morgan fingerprint density at radius 2 is 1.89 bits per heavy atom. The summed E-state index contributed by atoms with van der Waals surface area (Å²) < 4.78 is 31.7. The summed E-state index contributed by atoms with van der Waals surface area (Å²) in [4.78, 5) is 11.0. The second-order valence-electron chi connectivity index (χ2n) is 4.33. The van der Waals surface area contributed by atoms with Crippen molar-refractivity contribution in [2.75, 3.05) is 7.11 Å². The van der Waals surface area contributed by atoms with E-state index in [1.54, 1.807) is 19.9 Å². The van der Waals surface area contributed by atoms with Gasteiger partial charge in [-0.05, 0) is 44.0 Å². The first-order valence-electron chi connectivity index (χ1n) is 5.66. The number of nitrogens with one attached hydrogen (secondary N) is 1. The van der Waals surface area contributed by atoms with E-state index in [2.05, 4.69) is 4.72 Å². The van der Waals surface area contributed by atoms with Gasteiger partial charge in [-0.2, -0.15) is 4.72 Å². The van der Waals surface area contributed by atoms with E-state index < -0.39 is 22.0 Å². The molecular weight excluding hydrogens is 268 g/mol. The molecule has 0 aromatic heterocycles. The van der Waals surface area contributed by atoms with Crippen LogP contribution in [0.5, 0.6) is 5.75 Å². The number of primary amides is 1. The van der Waals surface area contributed by atoms with Crippen LogP contribution in [0.3, 0.4) is 0 Å². The average molecular weight is 286 g/mol. The van der Waals surface area contributed by atoms with Crippen LogP contribution in [0.4, 0.5) is 0 Å². The summed E-state index contributed by atoms with van der Waals surface area (Å²) in [5.74, 6) is -0.120. The molecule has 1 unspecified atom stereocenters. The molecule has 0 heterocycles. The van der Waals surface area contributed by atoms with E-state index in [-0.39, 0.29) is 4.90 Å². The van der Waals surface area contributed by atoms with Gasteiger partial charge in [-0.15, -0.1) is 0 Å². The summed E-state index contributed by atoms with van der Waals surface area (Å²) in [5, 5.41) is 0. The van der Waals surface area contributed by atoms with Crippen LogP contribution < -0.4 is 15.2 Å². The fourth-order valence-electron chi connectivity index (χ4n) is 1.63. The molecule has 1 aromatic carbocycles. The molecule has 0 bridgehead atoms. The van der Waals surface area contributed by atoms with Crippen molar-refractivity contribution in [2.45, 2.75) is 31.7 Å². The number of carbonyl (C=O) groups is 1. The van der Waals surface area contributed by atoms with Crippen LogP contribution in [0, 0.1) is 13.8 Å². The van der Waals surface area contributed by atoms with Crippen molar-refractivity contribution in [1.29, 1.82) is 0 Å². The van der Waals surface area contributed by atoms with Crippen LogP contribution in [-0.4, -0.2) is 27.5 Å². The fourth-order valence-corrected chi connectivity index (χ4v) is 3.15. The Hall–Kier alpha value is -1.60. The number of methoxy groups -OCH3 is 1. The second kappa shape index (κ2) is 5.58. The van der Waals surface area contributed by atoms with Crippen molar-refractivity contribution < 1.29 is 17.9 Å². The molecule has 0 aliphatic heterocycles. The molecule has 19 heavy (non-hydrogen) atoms. The van der Waals surface area contributed by atoms with E-state index in [1.807, 2.05) is 0 Å². The molecule has 7 heteroatoms. The SMILES string of the molecule is COc1cc(C)c(S(=O)(=O)NC(C)C(N)=O)cc1C. The first kappa shape index (κ1) is 15.5. The Bertz CT molecular complexity index is 596. The highest BCUT2D eigenvalue weighted by atomic mass is 32.2. The molecule has 0 aliphatic carbocycles. The molecule has 1 rings (SSSR count). The molecule has 6 nitrogen and oxygen atoms in total. The van der Waals surface area contributed by atoms with E-state index >= 15 is 0 Å². The first-order chi connectivity index (χ1) is 8.69. The predicted molar refractivity (Wildman–Crippen MR) is 71.4 cm³/mol. The second-order valence-corrected chi connectivity index (χ2v) is 6.02. The van der Waals surface area contributed by atoms with Crippen LogP contribution >= 0.6 is 0 Å². The Morgan fingerprint density at radius 3 is 2.37 bits per heavy atom. The number of hydrogen-bond donors (Lipinski definition) is 2. The predicted octanol–water partition coefficient (Wildman–Crippen LogP) is 0.464. The Labute approximate surface area is 113 Å². The molecule has 0 saturated carbocycles. The third-order valence-electron chi connectivity index (χ3n) is 2.74. The lowest BCUT2D eigenvalue weighted by molar-refractivity contribution is -0.119. The summed E-state index contributed by atoms with van der Waals surface area (Å²) >= 11 is 0. The Balaban J connectivity index is 3.22. The zero-order valence-corrected chi connectivity index (χ0v) is 12.2. The summed E-state index contributed by atoms with van der Waals surface area (Å²) in [6.07, 6.45) is 0. The first-order valence-corrected chi connectivity index (χ1v) is 7.14. The van der Waals surface area contributed by atoms with E-state index in [1.165, 1.54) is 20.1 Å². The maximum atomic E-state index is 12.2. The minimum atomic E-state index is -3.79. The Morgan fingerprint density at radius 1 is 1.32 bits per heavy atom. The summed E-state index contributed by atoms with van der Waals surface area (Å²) in [5.41, 5.74) is 6.28. The van der Waals surface area contributed by atoms with Crippen LogP contribution in [-0.2, 0) is 14.8 Å². The average Bonchev–Trinajstić information content (AvgIpc) is 2.30. The van der Waals surface area contributed by atoms with Gasteiger partial charge < -0.3 is 10.5 Å². The van der Waals surface area contributed by atoms with Crippen molar-refractivity contribution in [3.8, 4) is 5.75 Å². The van der Waals surface area contributed by atoms with E-state index in [0.29, 0.717) is 16.9 Å². The molecule has 3 N–H and O–H groups in total. The van der Waals surface area contributed by atoms with E-state index in [4.69, 9.17) is 10.5 Å². The summed E-state index contributed by atoms with van der Waals surface area (Å²) in [6.45, 7) is 4.80. The van der Waals surface area contributed by atoms with Crippen LogP contribution in [0.2, 0.25) is 0 Å².